The molecule has 0 spiro atoms. The number of aromatic amines is 2. The van der Waals surface area contributed by atoms with Gasteiger partial charge in [0.15, 0.2) is 0 Å². The van der Waals surface area contributed by atoms with Crippen LogP contribution >= 0.6 is 0 Å². The molecule has 5 aromatic rings. The van der Waals surface area contributed by atoms with Crippen LogP contribution in [0.5, 0.6) is 0 Å². The summed E-state index contributed by atoms with van der Waals surface area (Å²) in [4.78, 5) is 20.2. The smallest absolute Gasteiger partial charge is 0.274 e. The van der Waals surface area contributed by atoms with E-state index in [-0.39, 0.29) is 11.6 Å². The lowest BCUT2D eigenvalue weighted by Crippen LogP contribution is -2.16. The Kier molecular flexibility index (Phi) is 4.24. The lowest BCUT2D eigenvalue weighted by molar-refractivity contribution is 0.569. The monoisotopic (exact) mass is 423 g/mol. The standard InChI is InChI=1S/C24H21N7O/c1-2-21-26-19-11-12-25-24(32)22(19)31(21)20-10-8-15-13-14(7-9-17(15)20)16-5-3-4-6-18(16)23-27-29-30-28-23/h3-7,9,11-13,20H,2,8,10H2,1H3,(H,25,32)(H,27,28,29,30)/t20-/m0/s1. The average molecular weight is 423 g/mol. The Morgan fingerprint density at radius 1 is 1.12 bits per heavy atom. The van der Waals surface area contributed by atoms with E-state index in [1.54, 1.807) is 6.20 Å². The van der Waals surface area contributed by atoms with Gasteiger partial charge in [-0.15, -0.1) is 10.2 Å². The first-order chi connectivity index (χ1) is 15.7. The number of aromatic nitrogens is 7. The molecule has 8 heteroatoms. The zero-order valence-corrected chi connectivity index (χ0v) is 17.5. The number of benzene rings is 2. The number of H-pyrrole nitrogens is 2. The van der Waals surface area contributed by atoms with Gasteiger partial charge in [0.1, 0.15) is 11.3 Å². The summed E-state index contributed by atoms with van der Waals surface area (Å²) in [6.07, 6.45) is 4.33. The summed E-state index contributed by atoms with van der Waals surface area (Å²) in [5.41, 5.74) is 7.01. The lowest BCUT2D eigenvalue weighted by Gasteiger charge is -2.18. The SMILES string of the molecule is CCc1nc2cc[nH]c(=O)c2n1[C@H]1CCc2cc(-c3ccccc3-c3nn[nH]n3)ccc21. The summed E-state index contributed by atoms with van der Waals surface area (Å²) < 4.78 is 2.15. The fourth-order valence-corrected chi connectivity index (χ4v) is 4.93. The molecule has 6 rings (SSSR count). The van der Waals surface area contributed by atoms with Crippen molar-refractivity contribution in [3.05, 3.63) is 82.0 Å². The molecule has 32 heavy (non-hydrogen) atoms. The van der Waals surface area contributed by atoms with E-state index in [4.69, 9.17) is 4.98 Å². The van der Waals surface area contributed by atoms with E-state index in [0.717, 1.165) is 47.3 Å². The molecule has 1 aliphatic rings. The van der Waals surface area contributed by atoms with Crippen LogP contribution in [-0.4, -0.2) is 35.2 Å². The highest BCUT2D eigenvalue weighted by Crippen LogP contribution is 2.40. The van der Waals surface area contributed by atoms with Gasteiger partial charge in [-0.25, -0.2) is 4.98 Å². The predicted molar refractivity (Wildman–Crippen MR) is 121 cm³/mol. The summed E-state index contributed by atoms with van der Waals surface area (Å²) in [6.45, 7) is 2.08. The number of nitrogens with one attached hydrogen (secondary N) is 2. The number of aryl methyl sites for hydroxylation is 2. The second-order valence-electron chi connectivity index (χ2n) is 8.04. The van der Waals surface area contributed by atoms with Crippen LogP contribution in [0.3, 0.4) is 0 Å². The van der Waals surface area contributed by atoms with Crippen molar-refractivity contribution in [1.29, 1.82) is 0 Å². The summed E-state index contributed by atoms with van der Waals surface area (Å²) in [6, 6.07) is 16.7. The molecule has 3 heterocycles. The van der Waals surface area contributed by atoms with E-state index in [2.05, 4.69) is 61.4 Å². The third-order valence-corrected chi connectivity index (χ3v) is 6.32. The van der Waals surface area contributed by atoms with Gasteiger partial charge < -0.3 is 9.55 Å². The molecule has 8 nitrogen and oxygen atoms in total. The van der Waals surface area contributed by atoms with Crippen molar-refractivity contribution >= 4 is 11.0 Å². The Balaban J connectivity index is 1.47. The van der Waals surface area contributed by atoms with Crippen LogP contribution in [0.25, 0.3) is 33.5 Å². The highest BCUT2D eigenvalue weighted by atomic mass is 16.1. The number of hydrogen-bond acceptors (Lipinski definition) is 5. The topological polar surface area (TPSA) is 105 Å². The minimum Gasteiger partial charge on any atom is -0.327 e. The van der Waals surface area contributed by atoms with Gasteiger partial charge in [0, 0.05) is 18.2 Å². The summed E-state index contributed by atoms with van der Waals surface area (Å²) in [5.74, 6) is 1.52. The molecule has 0 bridgehead atoms. The number of fused-ring (bicyclic) bond motifs is 2. The van der Waals surface area contributed by atoms with Crippen LogP contribution in [0.2, 0.25) is 0 Å². The molecule has 0 amide bonds. The molecule has 0 radical (unpaired) electrons. The quantitative estimate of drug-likeness (QED) is 0.459. The van der Waals surface area contributed by atoms with Crippen LogP contribution < -0.4 is 5.56 Å². The normalized spacial score (nSPS) is 15.3. The van der Waals surface area contributed by atoms with Crippen LogP contribution in [0.4, 0.5) is 0 Å². The number of nitrogens with zero attached hydrogens (tertiary/aromatic N) is 5. The number of imidazole rings is 1. The fraction of sp³-hybridized carbons (Fsp3) is 0.208. The largest absolute Gasteiger partial charge is 0.327 e. The van der Waals surface area contributed by atoms with Crippen molar-refractivity contribution < 1.29 is 0 Å². The van der Waals surface area contributed by atoms with E-state index in [0.29, 0.717) is 11.3 Å². The van der Waals surface area contributed by atoms with E-state index in [1.165, 1.54) is 11.1 Å². The van der Waals surface area contributed by atoms with Gasteiger partial charge in [-0.2, -0.15) is 5.21 Å². The summed E-state index contributed by atoms with van der Waals surface area (Å²) in [5, 5.41) is 14.6. The maximum absolute atomic E-state index is 12.7. The second kappa shape index (κ2) is 7.26. The molecule has 0 fully saturated rings. The van der Waals surface area contributed by atoms with Crippen molar-refractivity contribution in [2.75, 3.05) is 0 Å². The first kappa shape index (κ1) is 18.7. The molecule has 2 aromatic carbocycles. The maximum atomic E-state index is 12.7. The van der Waals surface area contributed by atoms with E-state index >= 15 is 0 Å². The first-order valence-corrected chi connectivity index (χ1v) is 10.8. The minimum atomic E-state index is -0.0891. The minimum absolute atomic E-state index is 0.0891. The number of tetrazole rings is 1. The Labute approximate surface area is 183 Å². The third-order valence-electron chi connectivity index (χ3n) is 6.32. The van der Waals surface area contributed by atoms with Crippen molar-refractivity contribution in [2.45, 2.75) is 32.2 Å². The van der Waals surface area contributed by atoms with Gasteiger partial charge in [0.05, 0.1) is 11.6 Å². The molecule has 0 saturated carbocycles. The predicted octanol–water partition coefficient (Wildman–Crippen LogP) is 3.67. The van der Waals surface area contributed by atoms with Crippen LogP contribution in [0, 0.1) is 0 Å². The van der Waals surface area contributed by atoms with Crippen molar-refractivity contribution in [3.8, 4) is 22.5 Å². The highest BCUT2D eigenvalue weighted by molar-refractivity contribution is 5.81. The van der Waals surface area contributed by atoms with E-state index in [9.17, 15) is 4.79 Å². The highest BCUT2D eigenvalue weighted by Gasteiger charge is 2.28. The van der Waals surface area contributed by atoms with Gasteiger partial charge >= 0.3 is 0 Å². The van der Waals surface area contributed by atoms with Crippen LogP contribution in [-0.2, 0) is 12.8 Å². The van der Waals surface area contributed by atoms with Gasteiger partial charge in [-0.05, 0) is 46.4 Å². The van der Waals surface area contributed by atoms with Crippen molar-refractivity contribution in [1.82, 2.24) is 35.2 Å². The van der Waals surface area contributed by atoms with Crippen molar-refractivity contribution in [3.63, 3.8) is 0 Å². The number of hydrogen-bond donors (Lipinski definition) is 2. The molecule has 158 valence electrons. The van der Waals surface area contributed by atoms with Gasteiger partial charge in [-0.3, -0.25) is 4.79 Å². The number of pyridine rings is 1. The Hall–Kier alpha value is -4.07. The maximum Gasteiger partial charge on any atom is 0.274 e. The molecular weight excluding hydrogens is 402 g/mol. The van der Waals surface area contributed by atoms with E-state index < -0.39 is 0 Å². The first-order valence-electron chi connectivity index (χ1n) is 10.8. The zero-order valence-electron chi connectivity index (χ0n) is 17.5. The van der Waals surface area contributed by atoms with Gasteiger partial charge in [-0.1, -0.05) is 49.4 Å². The Bertz CT molecular complexity index is 1500. The molecular formula is C24H21N7O. The fourth-order valence-electron chi connectivity index (χ4n) is 4.93. The summed E-state index contributed by atoms with van der Waals surface area (Å²) in [7, 11) is 0. The lowest BCUT2D eigenvalue weighted by atomic mass is 9.96. The van der Waals surface area contributed by atoms with Gasteiger partial charge in [0.25, 0.3) is 5.56 Å². The molecule has 0 unspecified atom stereocenters. The van der Waals surface area contributed by atoms with E-state index in [1.807, 2.05) is 24.3 Å². The molecule has 0 aliphatic heterocycles. The van der Waals surface area contributed by atoms with Crippen molar-refractivity contribution in [2.24, 2.45) is 0 Å². The zero-order chi connectivity index (χ0) is 21.7. The van der Waals surface area contributed by atoms with Gasteiger partial charge in [0.2, 0.25) is 5.82 Å². The molecule has 0 saturated heterocycles. The molecule has 3 aromatic heterocycles. The second-order valence-corrected chi connectivity index (χ2v) is 8.04. The third kappa shape index (κ3) is 2.80. The van der Waals surface area contributed by atoms with Crippen LogP contribution in [0.15, 0.2) is 59.5 Å². The summed E-state index contributed by atoms with van der Waals surface area (Å²) >= 11 is 0. The Morgan fingerprint density at radius 2 is 2.00 bits per heavy atom. The molecule has 2 N–H and O–H groups in total. The van der Waals surface area contributed by atoms with Crippen LogP contribution in [0.1, 0.15) is 36.3 Å². The average Bonchev–Trinajstić information content (AvgIpc) is 3.57. The molecule has 1 aliphatic carbocycles. The molecule has 1 atom stereocenters. The number of rotatable bonds is 4. The Morgan fingerprint density at radius 3 is 2.81 bits per heavy atom.